The molecule has 22 heavy (non-hydrogen) atoms. The highest BCUT2D eigenvalue weighted by atomic mass is 127. The first-order valence-electron chi connectivity index (χ1n) is 7.53. The molecule has 1 aromatic rings. The van der Waals surface area contributed by atoms with E-state index in [0.29, 0.717) is 19.0 Å². The first-order chi connectivity index (χ1) is 10.0. The van der Waals surface area contributed by atoms with E-state index in [1.54, 1.807) is 0 Å². The number of halogens is 1. The van der Waals surface area contributed by atoms with Gasteiger partial charge in [0.25, 0.3) is 0 Å². The highest BCUT2D eigenvalue weighted by Crippen LogP contribution is 2.09. The van der Waals surface area contributed by atoms with Crippen molar-refractivity contribution < 1.29 is 0 Å². The molecule has 1 rings (SSSR count). The van der Waals surface area contributed by atoms with Gasteiger partial charge in [0.2, 0.25) is 0 Å². The minimum absolute atomic E-state index is 0. The monoisotopic (exact) mass is 416 g/mol. The lowest BCUT2D eigenvalue weighted by Gasteiger charge is -2.18. The predicted octanol–water partition coefficient (Wildman–Crippen LogP) is 3.13. The standard InChI is InChI=1S/C17H28N4.HI/c1-5-21(6-2)13-16-9-7-8-15(10-16)12-20-17(18)19-11-14(3)4;/h7-10H,3,5-6,11-13H2,1-2,4H3,(H3,18,19,20);1H. The Morgan fingerprint density at radius 1 is 1.27 bits per heavy atom. The van der Waals surface area contributed by atoms with Gasteiger partial charge < -0.3 is 11.1 Å². The maximum Gasteiger partial charge on any atom is 0.189 e. The molecule has 0 amide bonds. The fraction of sp³-hybridized carbons (Fsp3) is 0.471. The van der Waals surface area contributed by atoms with E-state index in [2.05, 4.69) is 59.9 Å². The molecule has 124 valence electrons. The topological polar surface area (TPSA) is 53.6 Å². The second-order valence-corrected chi connectivity index (χ2v) is 5.29. The molecule has 0 saturated carbocycles. The van der Waals surface area contributed by atoms with Crippen molar-refractivity contribution in [3.8, 4) is 0 Å². The van der Waals surface area contributed by atoms with Crippen LogP contribution < -0.4 is 11.1 Å². The summed E-state index contributed by atoms with van der Waals surface area (Å²) >= 11 is 0. The van der Waals surface area contributed by atoms with Gasteiger partial charge in [0.1, 0.15) is 0 Å². The molecule has 1 aromatic carbocycles. The van der Waals surface area contributed by atoms with Gasteiger partial charge in [-0.1, -0.05) is 50.3 Å². The van der Waals surface area contributed by atoms with Gasteiger partial charge in [0, 0.05) is 13.1 Å². The Balaban J connectivity index is 0.00000441. The van der Waals surface area contributed by atoms with Crippen molar-refractivity contribution in [3.05, 3.63) is 47.5 Å². The SMILES string of the molecule is C=C(C)CNC(N)=NCc1cccc(CN(CC)CC)c1.I. The highest BCUT2D eigenvalue weighted by Gasteiger charge is 2.02. The zero-order valence-electron chi connectivity index (χ0n) is 13.9. The predicted molar refractivity (Wildman–Crippen MR) is 107 cm³/mol. The smallest absolute Gasteiger partial charge is 0.189 e. The number of nitrogens with one attached hydrogen (secondary N) is 1. The van der Waals surface area contributed by atoms with Crippen LogP contribution in [0.1, 0.15) is 31.9 Å². The molecule has 0 aromatic heterocycles. The number of hydrogen-bond acceptors (Lipinski definition) is 2. The van der Waals surface area contributed by atoms with E-state index >= 15 is 0 Å². The molecule has 0 saturated heterocycles. The van der Waals surface area contributed by atoms with Gasteiger partial charge in [-0.15, -0.1) is 24.0 Å². The summed E-state index contributed by atoms with van der Waals surface area (Å²) in [6, 6.07) is 8.53. The van der Waals surface area contributed by atoms with Crippen molar-refractivity contribution in [2.45, 2.75) is 33.9 Å². The normalized spacial score (nSPS) is 11.2. The van der Waals surface area contributed by atoms with Crippen LogP contribution in [0.15, 0.2) is 41.4 Å². The van der Waals surface area contributed by atoms with Crippen molar-refractivity contribution in [3.63, 3.8) is 0 Å². The molecular formula is C17H29IN4. The van der Waals surface area contributed by atoms with Gasteiger partial charge in [0.15, 0.2) is 5.96 Å². The second kappa shape index (κ2) is 11.5. The highest BCUT2D eigenvalue weighted by molar-refractivity contribution is 14.0. The fourth-order valence-corrected chi connectivity index (χ4v) is 2.01. The molecule has 0 atom stereocenters. The van der Waals surface area contributed by atoms with Gasteiger partial charge in [0.05, 0.1) is 6.54 Å². The van der Waals surface area contributed by atoms with Gasteiger partial charge in [-0.3, -0.25) is 4.90 Å². The van der Waals surface area contributed by atoms with E-state index in [0.717, 1.165) is 25.2 Å². The van der Waals surface area contributed by atoms with Crippen molar-refractivity contribution in [2.24, 2.45) is 10.7 Å². The third-order valence-electron chi connectivity index (χ3n) is 3.30. The molecule has 3 N–H and O–H groups in total. The molecule has 4 nitrogen and oxygen atoms in total. The van der Waals surface area contributed by atoms with Gasteiger partial charge in [-0.25, -0.2) is 4.99 Å². The molecular weight excluding hydrogens is 387 g/mol. The molecule has 5 heteroatoms. The van der Waals surface area contributed by atoms with E-state index in [1.165, 1.54) is 11.1 Å². The molecule has 0 heterocycles. The van der Waals surface area contributed by atoms with Crippen LogP contribution in [0.2, 0.25) is 0 Å². The maximum absolute atomic E-state index is 5.82. The van der Waals surface area contributed by atoms with Gasteiger partial charge >= 0.3 is 0 Å². The first-order valence-corrected chi connectivity index (χ1v) is 7.53. The number of hydrogen-bond donors (Lipinski definition) is 2. The van der Waals surface area contributed by atoms with E-state index in [9.17, 15) is 0 Å². The summed E-state index contributed by atoms with van der Waals surface area (Å²) < 4.78 is 0. The lowest BCUT2D eigenvalue weighted by Crippen LogP contribution is -2.32. The zero-order chi connectivity index (χ0) is 15.7. The van der Waals surface area contributed by atoms with Crippen molar-refractivity contribution in [1.82, 2.24) is 10.2 Å². The van der Waals surface area contributed by atoms with Crippen LogP contribution in [0.4, 0.5) is 0 Å². The van der Waals surface area contributed by atoms with Crippen LogP contribution in [0.3, 0.4) is 0 Å². The second-order valence-electron chi connectivity index (χ2n) is 5.29. The minimum Gasteiger partial charge on any atom is -0.370 e. The zero-order valence-corrected chi connectivity index (χ0v) is 16.3. The third kappa shape index (κ3) is 8.38. The summed E-state index contributed by atoms with van der Waals surface area (Å²) in [4.78, 5) is 6.75. The molecule has 0 aliphatic carbocycles. The maximum atomic E-state index is 5.82. The average molecular weight is 416 g/mol. The van der Waals surface area contributed by atoms with Crippen molar-refractivity contribution in [2.75, 3.05) is 19.6 Å². The van der Waals surface area contributed by atoms with E-state index in [1.807, 2.05) is 6.92 Å². The Hall–Kier alpha value is -1.08. The number of rotatable bonds is 8. The molecule has 0 radical (unpaired) electrons. The fourth-order valence-electron chi connectivity index (χ4n) is 2.01. The Morgan fingerprint density at radius 3 is 2.50 bits per heavy atom. The van der Waals surface area contributed by atoms with Crippen LogP contribution >= 0.6 is 24.0 Å². The molecule has 0 bridgehead atoms. The largest absolute Gasteiger partial charge is 0.370 e. The van der Waals surface area contributed by atoms with Gasteiger partial charge in [-0.2, -0.15) is 0 Å². The van der Waals surface area contributed by atoms with Crippen molar-refractivity contribution >= 4 is 29.9 Å². The summed E-state index contributed by atoms with van der Waals surface area (Å²) in [5, 5.41) is 3.04. The lowest BCUT2D eigenvalue weighted by molar-refractivity contribution is 0.296. The van der Waals surface area contributed by atoms with Crippen LogP contribution in [-0.2, 0) is 13.1 Å². The minimum atomic E-state index is 0. The number of benzene rings is 1. The third-order valence-corrected chi connectivity index (χ3v) is 3.30. The van der Waals surface area contributed by atoms with E-state index in [4.69, 9.17) is 5.73 Å². The summed E-state index contributed by atoms with van der Waals surface area (Å²) in [5.74, 6) is 0.465. The Kier molecular flexibility index (Phi) is 10.9. The van der Waals surface area contributed by atoms with E-state index in [-0.39, 0.29) is 24.0 Å². The lowest BCUT2D eigenvalue weighted by atomic mass is 10.1. The van der Waals surface area contributed by atoms with Crippen LogP contribution in [0.5, 0.6) is 0 Å². The summed E-state index contributed by atoms with van der Waals surface area (Å²) in [7, 11) is 0. The molecule has 0 unspecified atom stereocenters. The van der Waals surface area contributed by atoms with E-state index < -0.39 is 0 Å². The Morgan fingerprint density at radius 2 is 1.91 bits per heavy atom. The number of nitrogens with two attached hydrogens (primary N) is 1. The van der Waals surface area contributed by atoms with Crippen LogP contribution in [-0.4, -0.2) is 30.5 Å². The van der Waals surface area contributed by atoms with Crippen LogP contribution in [0, 0.1) is 0 Å². The Bertz CT molecular complexity index is 481. The number of guanidine groups is 1. The number of nitrogens with zero attached hydrogens (tertiary/aromatic N) is 2. The summed E-state index contributed by atoms with van der Waals surface area (Å²) in [6.45, 7) is 14.5. The van der Waals surface area contributed by atoms with Crippen molar-refractivity contribution in [1.29, 1.82) is 0 Å². The molecule has 0 aliphatic heterocycles. The Labute approximate surface area is 151 Å². The molecule has 0 fully saturated rings. The molecule has 0 spiro atoms. The van der Waals surface area contributed by atoms with Crippen LogP contribution in [0.25, 0.3) is 0 Å². The summed E-state index contributed by atoms with van der Waals surface area (Å²) in [5.41, 5.74) is 9.36. The van der Waals surface area contributed by atoms with Gasteiger partial charge in [-0.05, 0) is 31.1 Å². The first kappa shape index (κ1) is 20.9. The summed E-state index contributed by atoms with van der Waals surface area (Å²) in [6.07, 6.45) is 0. The quantitative estimate of drug-likeness (QED) is 0.296. The molecule has 0 aliphatic rings. The number of aliphatic imine (C=N–C) groups is 1. The average Bonchev–Trinajstić information content (AvgIpc) is 2.49.